The molecule has 2 aromatic rings. The molecule has 0 saturated carbocycles. The van der Waals surface area contributed by atoms with Crippen LogP contribution in [-0.2, 0) is 11.0 Å². The van der Waals surface area contributed by atoms with Gasteiger partial charge in [-0.2, -0.15) is 13.2 Å². The van der Waals surface area contributed by atoms with E-state index in [1.165, 1.54) is 6.07 Å². The molecule has 0 unspecified atom stereocenters. The maximum atomic E-state index is 13.7. The maximum Gasteiger partial charge on any atom is 0.418 e. The molecule has 1 amide bonds. The van der Waals surface area contributed by atoms with Gasteiger partial charge in [0.15, 0.2) is 12.4 Å². The number of piperazine rings is 1. The second kappa shape index (κ2) is 10.0. The topological polar surface area (TPSA) is 61.9 Å². The number of carbonyl (C=O) groups is 2. The predicted octanol–water partition coefficient (Wildman–Crippen LogP) is 4.07. The minimum Gasteiger partial charge on any atom is -0.484 e. The molecule has 1 aliphatic heterocycles. The Morgan fingerprint density at radius 1 is 1.03 bits per heavy atom. The fraction of sp³-hybridized carbons (Fsp3) is 0.391. The van der Waals surface area contributed by atoms with Crippen LogP contribution in [0, 0.1) is 0 Å². The highest BCUT2D eigenvalue weighted by atomic mass is 19.4. The standard InChI is InChI=1S/C23H26F3N3O3/c1-3-21(30)16-4-7-18(8-5-16)32-15-22(31)27-20-9-6-17(14-19(20)23(24,25)26)29-12-10-28(2)11-13-29/h4-9,14H,3,10-13,15H2,1-2H3,(H,27,31). The molecule has 0 radical (unpaired) electrons. The van der Waals surface area contributed by atoms with Crippen molar-refractivity contribution in [1.29, 1.82) is 0 Å². The van der Waals surface area contributed by atoms with E-state index >= 15 is 0 Å². The van der Waals surface area contributed by atoms with E-state index in [1.54, 1.807) is 37.3 Å². The Morgan fingerprint density at radius 3 is 2.28 bits per heavy atom. The van der Waals surface area contributed by atoms with Crippen LogP contribution in [0.25, 0.3) is 0 Å². The molecule has 1 N–H and O–H groups in total. The Morgan fingerprint density at radius 2 is 1.69 bits per heavy atom. The number of likely N-dealkylation sites (N-methyl/N-ethyl adjacent to an activating group) is 1. The van der Waals surface area contributed by atoms with E-state index in [0.29, 0.717) is 36.5 Å². The molecule has 1 heterocycles. The number of Topliss-reactive ketones (excluding diaryl/α,β-unsaturated/α-hetero) is 1. The van der Waals surface area contributed by atoms with Crippen LogP contribution in [0.15, 0.2) is 42.5 Å². The van der Waals surface area contributed by atoms with Gasteiger partial charge in [-0.05, 0) is 49.5 Å². The van der Waals surface area contributed by atoms with Gasteiger partial charge in [0.05, 0.1) is 11.3 Å². The average molecular weight is 449 g/mol. The summed E-state index contributed by atoms with van der Waals surface area (Å²) >= 11 is 0. The quantitative estimate of drug-likeness (QED) is 0.646. The predicted molar refractivity (Wildman–Crippen MR) is 116 cm³/mol. The Labute approximate surface area is 184 Å². The first-order valence-electron chi connectivity index (χ1n) is 10.4. The van der Waals surface area contributed by atoms with Gasteiger partial charge in [-0.1, -0.05) is 6.92 Å². The zero-order valence-corrected chi connectivity index (χ0v) is 18.0. The summed E-state index contributed by atoms with van der Waals surface area (Å²) in [5.41, 5.74) is -0.210. The number of rotatable bonds is 7. The third kappa shape index (κ3) is 6.00. The average Bonchev–Trinajstić information content (AvgIpc) is 2.77. The highest BCUT2D eigenvalue weighted by Crippen LogP contribution is 2.37. The van der Waals surface area contributed by atoms with Crippen LogP contribution >= 0.6 is 0 Å². The van der Waals surface area contributed by atoms with Gasteiger partial charge >= 0.3 is 6.18 Å². The number of ether oxygens (including phenoxy) is 1. The van der Waals surface area contributed by atoms with Gasteiger partial charge in [0.2, 0.25) is 0 Å². The first kappa shape index (κ1) is 23.6. The van der Waals surface area contributed by atoms with Crippen molar-refractivity contribution in [3.63, 3.8) is 0 Å². The SMILES string of the molecule is CCC(=O)c1ccc(OCC(=O)Nc2ccc(N3CCN(C)CC3)cc2C(F)(F)F)cc1. The lowest BCUT2D eigenvalue weighted by atomic mass is 10.1. The Bertz CT molecular complexity index is 953. The van der Waals surface area contributed by atoms with Crippen molar-refractivity contribution in [3.05, 3.63) is 53.6 Å². The molecule has 0 bridgehead atoms. The zero-order chi connectivity index (χ0) is 23.3. The van der Waals surface area contributed by atoms with Crippen molar-refractivity contribution in [2.24, 2.45) is 0 Å². The van der Waals surface area contributed by atoms with Gasteiger partial charge in [-0.25, -0.2) is 0 Å². The number of carbonyl (C=O) groups excluding carboxylic acids is 2. The fourth-order valence-corrected chi connectivity index (χ4v) is 3.41. The van der Waals surface area contributed by atoms with Crippen LogP contribution in [0.4, 0.5) is 24.5 Å². The van der Waals surface area contributed by atoms with Crippen molar-refractivity contribution in [2.45, 2.75) is 19.5 Å². The van der Waals surface area contributed by atoms with E-state index in [2.05, 4.69) is 10.2 Å². The molecule has 3 rings (SSSR count). The zero-order valence-electron chi connectivity index (χ0n) is 18.0. The van der Waals surface area contributed by atoms with E-state index in [-0.39, 0.29) is 11.5 Å². The number of amides is 1. The molecule has 0 aliphatic carbocycles. The summed E-state index contributed by atoms with van der Waals surface area (Å²) in [4.78, 5) is 27.9. The number of hydrogen-bond donors (Lipinski definition) is 1. The second-order valence-electron chi connectivity index (χ2n) is 7.66. The third-order valence-electron chi connectivity index (χ3n) is 5.32. The summed E-state index contributed by atoms with van der Waals surface area (Å²) < 4.78 is 46.3. The maximum absolute atomic E-state index is 13.7. The first-order valence-corrected chi connectivity index (χ1v) is 10.4. The van der Waals surface area contributed by atoms with Crippen LogP contribution in [0.1, 0.15) is 29.3 Å². The molecule has 0 aromatic heterocycles. The van der Waals surface area contributed by atoms with Crippen LogP contribution in [-0.4, -0.2) is 56.4 Å². The highest BCUT2D eigenvalue weighted by Gasteiger charge is 2.35. The van der Waals surface area contributed by atoms with Crippen LogP contribution < -0.4 is 15.0 Å². The van der Waals surface area contributed by atoms with Gasteiger partial charge in [0, 0.05) is 43.9 Å². The number of halogens is 3. The molecule has 32 heavy (non-hydrogen) atoms. The molecule has 1 saturated heterocycles. The summed E-state index contributed by atoms with van der Waals surface area (Å²) in [7, 11) is 1.97. The number of alkyl halides is 3. The molecule has 6 nitrogen and oxygen atoms in total. The van der Waals surface area contributed by atoms with Gasteiger partial charge < -0.3 is 19.9 Å². The van der Waals surface area contributed by atoms with Gasteiger partial charge in [-0.15, -0.1) is 0 Å². The second-order valence-corrected chi connectivity index (χ2v) is 7.66. The summed E-state index contributed by atoms with van der Waals surface area (Å²) in [6, 6.07) is 10.2. The largest absolute Gasteiger partial charge is 0.484 e. The van der Waals surface area contributed by atoms with Gasteiger partial charge in [0.1, 0.15) is 5.75 Å². The number of nitrogens with one attached hydrogen (secondary N) is 1. The molecule has 0 atom stereocenters. The summed E-state index contributed by atoms with van der Waals surface area (Å²) in [6.45, 7) is 4.10. The van der Waals surface area contributed by atoms with Gasteiger partial charge in [-0.3, -0.25) is 9.59 Å². The van der Waals surface area contributed by atoms with E-state index < -0.39 is 24.3 Å². The summed E-state index contributed by atoms with van der Waals surface area (Å²) in [5.74, 6) is -0.389. The van der Waals surface area contributed by atoms with E-state index in [4.69, 9.17) is 4.74 Å². The summed E-state index contributed by atoms with van der Waals surface area (Å²) in [6.07, 6.45) is -4.24. The normalized spacial score (nSPS) is 14.8. The van der Waals surface area contributed by atoms with E-state index in [9.17, 15) is 22.8 Å². The molecule has 1 fully saturated rings. The first-order chi connectivity index (χ1) is 15.2. The van der Waals surface area contributed by atoms with Crippen molar-refractivity contribution < 1.29 is 27.5 Å². The molecule has 1 aliphatic rings. The highest BCUT2D eigenvalue weighted by molar-refractivity contribution is 5.96. The summed E-state index contributed by atoms with van der Waals surface area (Å²) in [5, 5.41) is 2.30. The number of nitrogens with zero attached hydrogens (tertiary/aromatic N) is 2. The molecule has 0 spiro atoms. The molecular formula is C23H26F3N3O3. The Kier molecular flexibility index (Phi) is 7.40. The molecular weight excluding hydrogens is 423 g/mol. The van der Waals surface area contributed by atoms with Crippen molar-refractivity contribution >= 4 is 23.1 Å². The Balaban J connectivity index is 1.66. The number of anilines is 2. The third-order valence-corrected chi connectivity index (χ3v) is 5.32. The van der Waals surface area contributed by atoms with E-state index in [0.717, 1.165) is 19.2 Å². The number of benzene rings is 2. The smallest absolute Gasteiger partial charge is 0.418 e. The molecule has 2 aromatic carbocycles. The lowest BCUT2D eigenvalue weighted by Gasteiger charge is -2.34. The van der Waals surface area contributed by atoms with Crippen molar-refractivity contribution in [3.8, 4) is 5.75 Å². The Hall–Kier alpha value is -3.07. The van der Waals surface area contributed by atoms with Crippen molar-refractivity contribution in [1.82, 2.24) is 4.90 Å². The number of hydrogen-bond acceptors (Lipinski definition) is 5. The minimum absolute atomic E-state index is 0.0195. The number of ketones is 1. The lowest BCUT2D eigenvalue weighted by molar-refractivity contribution is -0.137. The molecule has 9 heteroatoms. The van der Waals surface area contributed by atoms with Gasteiger partial charge in [0.25, 0.3) is 5.91 Å². The minimum atomic E-state index is -4.62. The molecule has 172 valence electrons. The van der Waals surface area contributed by atoms with Crippen molar-refractivity contribution in [2.75, 3.05) is 50.1 Å². The van der Waals surface area contributed by atoms with Crippen LogP contribution in [0.3, 0.4) is 0 Å². The van der Waals surface area contributed by atoms with E-state index in [1.807, 2.05) is 11.9 Å². The van der Waals surface area contributed by atoms with Crippen LogP contribution in [0.5, 0.6) is 5.75 Å². The van der Waals surface area contributed by atoms with Crippen LogP contribution in [0.2, 0.25) is 0 Å². The lowest BCUT2D eigenvalue weighted by Crippen LogP contribution is -2.44. The fourth-order valence-electron chi connectivity index (χ4n) is 3.41. The monoisotopic (exact) mass is 449 g/mol.